The Bertz CT molecular complexity index is 491. The van der Waals surface area contributed by atoms with Crippen LogP contribution in [0.15, 0.2) is 14.1 Å². The van der Waals surface area contributed by atoms with Gasteiger partial charge in [-0.25, -0.2) is 8.42 Å². The number of nitrogens with zero attached hydrogens (tertiary/aromatic N) is 1. The first kappa shape index (κ1) is 14.1. The summed E-state index contributed by atoms with van der Waals surface area (Å²) in [4.78, 5) is 0. The molecule has 0 amide bonds. The number of thioether (sulfide) groups is 1. The van der Waals surface area contributed by atoms with Gasteiger partial charge in [0.1, 0.15) is 4.21 Å². The van der Waals surface area contributed by atoms with Crippen molar-refractivity contribution in [1.29, 1.82) is 0 Å². The minimum atomic E-state index is -3.40. The summed E-state index contributed by atoms with van der Waals surface area (Å²) in [6.07, 6.45) is 0.917. The first-order valence-corrected chi connectivity index (χ1v) is 9.52. The lowest BCUT2D eigenvalue weighted by Gasteiger charge is -2.22. The first-order valence-electron chi connectivity index (χ1n) is 4.93. The quantitative estimate of drug-likeness (QED) is 0.812. The van der Waals surface area contributed by atoms with Gasteiger partial charge in [0, 0.05) is 18.8 Å². The fourth-order valence-electron chi connectivity index (χ4n) is 1.60. The zero-order chi connectivity index (χ0) is 12.6. The van der Waals surface area contributed by atoms with Gasteiger partial charge in [-0.2, -0.15) is 16.1 Å². The van der Waals surface area contributed by atoms with E-state index in [-0.39, 0.29) is 6.04 Å². The molecule has 2 rings (SSSR count). The number of hydrogen-bond acceptors (Lipinski definition) is 4. The Morgan fingerprint density at radius 3 is 2.76 bits per heavy atom. The Labute approximate surface area is 123 Å². The van der Waals surface area contributed by atoms with Crippen molar-refractivity contribution in [1.82, 2.24) is 4.31 Å². The molecule has 1 fully saturated rings. The van der Waals surface area contributed by atoms with Gasteiger partial charge >= 0.3 is 0 Å². The summed E-state index contributed by atoms with van der Waals surface area (Å²) in [5, 5.41) is 0.447. The lowest BCUT2D eigenvalue weighted by Crippen LogP contribution is -2.36. The zero-order valence-corrected chi connectivity index (χ0v) is 13.8. The van der Waals surface area contributed by atoms with Crippen LogP contribution >= 0.6 is 50.6 Å². The summed E-state index contributed by atoms with van der Waals surface area (Å²) in [5.74, 6) is 1.90. The standard InChI is InChI=1S/C9H11BrClNO2S3/c1-12(6-2-3-15-5-6)17(13,14)8-4-7(11)9(10)16-8/h4,6H,2-3,5H2,1H3. The maximum absolute atomic E-state index is 12.3. The topological polar surface area (TPSA) is 37.4 Å². The van der Waals surface area contributed by atoms with E-state index in [2.05, 4.69) is 15.9 Å². The lowest BCUT2D eigenvalue weighted by molar-refractivity contribution is 0.396. The molecule has 0 N–H and O–H groups in total. The van der Waals surface area contributed by atoms with Gasteiger partial charge in [0.2, 0.25) is 0 Å². The average molecular weight is 377 g/mol. The Balaban J connectivity index is 2.29. The minimum absolute atomic E-state index is 0.102. The molecule has 0 aromatic carbocycles. The minimum Gasteiger partial charge on any atom is -0.206 e. The van der Waals surface area contributed by atoms with Crippen molar-refractivity contribution in [3.8, 4) is 0 Å². The van der Waals surface area contributed by atoms with E-state index in [1.165, 1.54) is 10.4 Å². The van der Waals surface area contributed by atoms with E-state index in [0.29, 0.717) is 13.0 Å². The lowest BCUT2D eigenvalue weighted by atomic mass is 10.3. The molecule has 1 aliphatic rings. The SMILES string of the molecule is CN(C1CCSC1)S(=O)(=O)c1cc(Cl)c(Br)s1. The Kier molecular flexibility index (Phi) is 4.48. The second-order valence-electron chi connectivity index (χ2n) is 3.73. The molecule has 17 heavy (non-hydrogen) atoms. The molecule has 0 aliphatic carbocycles. The van der Waals surface area contributed by atoms with E-state index in [0.717, 1.165) is 29.3 Å². The van der Waals surface area contributed by atoms with E-state index in [1.807, 2.05) is 0 Å². The highest BCUT2D eigenvalue weighted by atomic mass is 79.9. The molecule has 1 unspecified atom stereocenters. The largest absolute Gasteiger partial charge is 0.252 e. The van der Waals surface area contributed by atoms with Crippen molar-refractivity contribution < 1.29 is 8.42 Å². The van der Waals surface area contributed by atoms with Crippen LogP contribution in [0.5, 0.6) is 0 Å². The maximum Gasteiger partial charge on any atom is 0.252 e. The van der Waals surface area contributed by atoms with Crippen molar-refractivity contribution in [2.45, 2.75) is 16.7 Å². The van der Waals surface area contributed by atoms with Crippen LogP contribution in [0.25, 0.3) is 0 Å². The van der Waals surface area contributed by atoms with E-state index < -0.39 is 10.0 Å². The normalized spacial score (nSPS) is 21.3. The molecule has 3 nitrogen and oxygen atoms in total. The average Bonchev–Trinajstić information content (AvgIpc) is 2.88. The van der Waals surface area contributed by atoms with E-state index >= 15 is 0 Å². The van der Waals surface area contributed by atoms with Gasteiger partial charge in [0.15, 0.2) is 0 Å². The van der Waals surface area contributed by atoms with Crippen molar-refractivity contribution in [2.75, 3.05) is 18.6 Å². The summed E-state index contributed by atoms with van der Waals surface area (Å²) < 4.78 is 27.1. The van der Waals surface area contributed by atoms with E-state index in [4.69, 9.17) is 11.6 Å². The summed E-state index contributed by atoms with van der Waals surface area (Å²) in [5.41, 5.74) is 0. The van der Waals surface area contributed by atoms with Crippen LogP contribution in [-0.4, -0.2) is 37.3 Å². The Hall–Kier alpha value is 0.730. The fourth-order valence-corrected chi connectivity index (χ4v) is 6.93. The molecular weight excluding hydrogens is 366 g/mol. The first-order chi connectivity index (χ1) is 7.93. The molecule has 1 saturated heterocycles. The fraction of sp³-hybridized carbons (Fsp3) is 0.556. The molecule has 8 heteroatoms. The third-order valence-corrected chi connectivity index (χ3v) is 8.65. The second-order valence-corrected chi connectivity index (χ2v) is 9.88. The molecule has 1 atom stereocenters. The van der Waals surface area contributed by atoms with E-state index in [1.54, 1.807) is 18.8 Å². The van der Waals surface area contributed by atoms with Gasteiger partial charge in [-0.15, -0.1) is 11.3 Å². The number of thiophene rings is 1. The molecule has 1 aromatic rings. The number of sulfonamides is 1. The highest BCUT2D eigenvalue weighted by Gasteiger charge is 2.31. The zero-order valence-electron chi connectivity index (χ0n) is 9.02. The molecule has 0 saturated carbocycles. The summed E-state index contributed by atoms with van der Waals surface area (Å²) in [6, 6.07) is 1.61. The highest BCUT2D eigenvalue weighted by molar-refractivity contribution is 9.11. The Morgan fingerprint density at radius 1 is 1.59 bits per heavy atom. The van der Waals surface area contributed by atoms with Crippen LogP contribution in [-0.2, 0) is 10.0 Å². The van der Waals surface area contributed by atoms with Gasteiger partial charge in [0.05, 0.1) is 8.81 Å². The second kappa shape index (κ2) is 5.38. The third kappa shape index (κ3) is 2.84. The predicted molar refractivity (Wildman–Crippen MR) is 77.7 cm³/mol. The molecule has 0 spiro atoms. The van der Waals surface area contributed by atoms with Crippen LogP contribution < -0.4 is 0 Å². The van der Waals surface area contributed by atoms with Gasteiger partial charge < -0.3 is 0 Å². The monoisotopic (exact) mass is 375 g/mol. The smallest absolute Gasteiger partial charge is 0.206 e. The van der Waals surface area contributed by atoms with Crippen LogP contribution in [0, 0.1) is 0 Å². The molecule has 1 aliphatic heterocycles. The molecule has 96 valence electrons. The van der Waals surface area contributed by atoms with Gasteiger partial charge in [-0.1, -0.05) is 11.6 Å². The maximum atomic E-state index is 12.3. The summed E-state index contributed by atoms with van der Waals surface area (Å²) >= 11 is 12.1. The third-order valence-electron chi connectivity index (χ3n) is 2.68. The van der Waals surface area contributed by atoms with Crippen molar-refractivity contribution >= 4 is 60.7 Å². The summed E-state index contributed by atoms with van der Waals surface area (Å²) in [6.45, 7) is 0. The molecule has 1 aromatic heterocycles. The number of halogens is 2. The number of hydrogen-bond donors (Lipinski definition) is 0. The molecule has 2 heterocycles. The van der Waals surface area contributed by atoms with Crippen LogP contribution in [0.2, 0.25) is 5.02 Å². The van der Waals surface area contributed by atoms with Gasteiger partial charge in [0.25, 0.3) is 10.0 Å². The van der Waals surface area contributed by atoms with E-state index in [9.17, 15) is 8.42 Å². The van der Waals surface area contributed by atoms with Crippen molar-refractivity contribution in [3.63, 3.8) is 0 Å². The molecule has 0 bridgehead atoms. The molecular formula is C9H11BrClNO2S3. The molecule has 0 radical (unpaired) electrons. The van der Waals surface area contributed by atoms with Crippen LogP contribution in [0.4, 0.5) is 0 Å². The highest BCUT2D eigenvalue weighted by Crippen LogP contribution is 2.37. The predicted octanol–water partition coefficient (Wildman–Crippen LogP) is 3.29. The van der Waals surface area contributed by atoms with Crippen molar-refractivity contribution in [2.24, 2.45) is 0 Å². The Morgan fingerprint density at radius 2 is 2.29 bits per heavy atom. The van der Waals surface area contributed by atoms with Crippen LogP contribution in [0.1, 0.15) is 6.42 Å². The van der Waals surface area contributed by atoms with Crippen molar-refractivity contribution in [3.05, 3.63) is 14.9 Å². The van der Waals surface area contributed by atoms with Gasteiger partial charge in [-0.3, -0.25) is 0 Å². The summed E-state index contributed by atoms with van der Waals surface area (Å²) in [7, 11) is -1.75. The van der Waals surface area contributed by atoms with Crippen LogP contribution in [0.3, 0.4) is 0 Å². The van der Waals surface area contributed by atoms with Gasteiger partial charge in [-0.05, 0) is 34.2 Å². The number of rotatable bonds is 3.